The summed E-state index contributed by atoms with van der Waals surface area (Å²) in [5.41, 5.74) is 4.72. The second kappa shape index (κ2) is 8.08. The minimum absolute atomic E-state index is 0.335. The lowest BCUT2D eigenvalue weighted by molar-refractivity contribution is 0.0524. The lowest BCUT2D eigenvalue weighted by Crippen LogP contribution is -2.33. The van der Waals surface area contributed by atoms with Gasteiger partial charge in [0.2, 0.25) is 0 Å². The third-order valence-electron chi connectivity index (χ3n) is 2.53. The maximum absolute atomic E-state index is 9.63. The van der Waals surface area contributed by atoms with Gasteiger partial charge in [-0.15, -0.1) is 0 Å². The van der Waals surface area contributed by atoms with Gasteiger partial charge < -0.3 is 15.6 Å². The summed E-state index contributed by atoms with van der Waals surface area (Å²) in [6.07, 6.45) is 3.87. The van der Waals surface area contributed by atoms with E-state index in [1.54, 1.807) is 6.92 Å². The average molecular weight is 217 g/mol. The van der Waals surface area contributed by atoms with Crippen LogP contribution in [0.3, 0.4) is 0 Å². The Kier molecular flexibility index (Phi) is 8.02. The van der Waals surface area contributed by atoms with Crippen molar-refractivity contribution in [3.63, 3.8) is 0 Å². The SMILES string of the molecule is CC(C)CCOCCCCC(C)(O)CN. The monoisotopic (exact) mass is 217 g/mol. The number of hydrogen-bond acceptors (Lipinski definition) is 3. The predicted octanol–water partition coefficient (Wildman–Crippen LogP) is 1.93. The van der Waals surface area contributed by atoms with Crippen LogP contribution in [0.4, 0.5) is 0 Å². The van der Waals surface area contributed by atoms with E-state index < -0.39 is 5.60 Å². The fourth-order valence-corrected chi connectivity index (χ4v) is 1.23. The Morgan fingerprint density at radius 3 is 2.47 bits per heavy atom. The molecule has 0 aliphatic carbocycles. The number of hydrogen-bond donors (Lipinski definition) is 2. The first-order valence-electron chi connectivity index (χ1n) is 5.98. The number of aliphatic hydroxyl groups is 1. The predicted molar refractivity (Wildman–Crippen MR) is 63.8 cm³/mol. The van der Waals surface area contributed by atoms with Crippen molar-refractivity contribution in [2.45, 2.75) is 52.1 Å². The molecule has 0 aromatic carbocycles. The molecule has 0 aliphatic rings. The van der Waals surface area contributed by atoms with Crippen LogP contribution in [-0.4, -0.2) is 30.5 Å². The maximum atomic E-state index is 9.63. The second-order valence-electron chi connectivity index (χ2n) is 4.95. The fourth-order valence-electron chi connectivity index (χ4n) is 1.23. The van der Waals surface area contributed by atoms with Crippen molar-refractivity contribution in [1.29, 1.82) is 0 Å². The molecule has 0 aromatic rings. The van der Waals surface area contributed by atoms with Gasteiger partial charge in [-0.25, -0.2) is 0 Å². The summed E-state index contributed by atoms with van der Waals surface area (Å²) in [6.45, 7) is 8.16. The summed E-state index contributed by atoms with van der Waals surface area (Å²) in [7, 11) is 0. The molecule has 15 heavy (non-hydrogen) atoms. The van der Waals surface area contributed by atoms with Gasteiger partial charge >= 0.3 is 0 Å². The zero-order valence-corrected chi connectivity index (χ0v) is 10.5. The Hall–Kier alpha value is -0.120. The summed E-state index contributed by atoms with van der Waals surface area (Å²) in [4.78, 5) is 0. The van der Waals surface area contributed by atoms with E-state index >= 15 is 0 Å². The minimum Gasteiger partial charge on any atom is -0.389 e. The average Bonchev–Trinajstić information content (AvgIpc) is 2.16. The molecule has 0 aromatic heterocycles. The normalized spacial score (nSPS) is 15.6. The Labute approximate surface area is 94.0 Å². The van der Waals surface area contributed by atoms with E-state index in [1.807, 2.05) is 0 Å². The Balaban J connectivity index is 3.18. The van der Waals surface area contributed by atoms with Crippen LogP contribution >= 0.6 is 0 Å². The van der Waals surface area contributed by atoms with E-state index in [2.05, 4.69) is 13.8 Å². The third-order valence-corrected chi connectivity index (χ3v) is 2.53. The fraction of sp³-hybridized carbons (Fsp3) is 1.00. The topological polar surface area (TPSA) is 55.5 Å². The van der Waals surface area contributed by atoms with Gasteiger partial charge in [0.1, 0.15) is 0 Å². The molecule has 92 valence electrons. The first kappa shape index (κ1) is 14.9. The lowest BCUT2D eigenvalue weighted by atomic mass is 10.00. The summed E-state index contributed by atoms with van der Waals surface area (Å²) in [6, 6.07) is 0. The van der Waals surface area contributed by atoms with Crippen molar-refractivity contribution in [3.05, 3.63) is 0 Å². The third kappa shape index (κ3) is 10.2. The van der Waals surface area contributed by atoms with Gasteiger partial charge in [0.25, 0.3) is 0 Å². The van der Waals surface area contributed by atoms with Crippen LogP contribution in [0.15, 0.2) is 0 Å². The zero-order chi connectivity index (χ0) is 11.7. The van der Waals surface area contributed by atoms with E-state index in [1.165, 1.54) is 0 Å². The van der Waals surface area contributed by atoms with Crippen molar-refractivity contribution in [1.82, 2.24) is 0 Å². The van der Waals surface area contributed by atoms with E-state index in [4.69, 9.17) is 10.5 Å². The van der Waals surface area contributed by atoms with Gasteiger partial charge in [-0.3, -0.25) is 0 Å². The molecule has 0 rings (SSSR count). The van der Waals surface area contributed by atoms with Gasteiger partial charge in [0.15, 0.2) is 0 Å². The molecule has 1 unspecified atom stereocenters. The maximum Gasteiger partial charge on any atom is 0.0741 e. The Bertz CT molecular complexity index is 147. The van der Waals surface area contributed by atoms with Crippen molar-refractivity contribution < 1.29 is 9.84 Å². The number of unbranched alkanes of at least 4 members (excludes halogenated alkanes) is 1. The summed E-state index contributed by atoms with van der Waals surface area (Å²) in [5, 5.41) is 9.63. The molecule has 3 N–H and O–H groups in total. The van der Waals surface area contributed by atoms with E-state index in [9.17, 15) is 5.11 Å². The van der Waals surface area contributed by atoms with Gasteiger partial charge in [-0.2, -0.15) is 0 Å². The van der Waals surface area contributed by atoms with Crippen LogP contribution in [0.2, 0.25) is 0 Å². The Morgan fingerprint density at radius 2 is 1.93 bits per heavy atom. The molecule has 0 aliphatic heterocycles. The van der Waals surface area contributed by atoms with E-state index in [-0.39, 0.29) is 0 Å². The highest BCUT2D eigenvalue weighted by Gasteiger charge is 2.16. The van der Waals surface area contributed by atoms with Crippen LogP contribution in [0.5, 0.6) is 0 Å². The molecular formula is C12H27NO2. The largest absolute Gasteiger partial charge is 0.389 e. The Morgan fingerprint density at radius 1 is 1.27 bits per heavy atom. The molecular weight excluding hydrogens is 190 g/mol. The zero-order valence-electron chi connectivity index (χ0n) is 10.5. The molecule has 0 radical (unpaired) electrons. The van der Waals surface area contributed by atoms with Crippen LogP contribution in [0.25, 0.3) is 0 Å². The highest BCUT2D eigenvalue weighted by Crippen LogP contribution is 2.11. The molecule has 0 heterocycles. The van der Waals surface area contributed by atoms with Crippen molar-refractivity contribution in [2.75, 3.05) is 19.8 Å². The highest BCUT2D eigenvalue weighted by molar-refractivity contribution is 4.72. The summed E-state index contributed by atoms with van der Waals surface area (Å²) >= 11 is 0. The first-order chi connectivity index (χ1) is 6.98. The highest BCUT2D eigenvalue weighted by atomic mass is 16.5. The molecule has 0 spiro atoms. The molecule has 1 atom stereocenters. The molecule has 0 bridgehead atoms. The van der Waals surface area contributed by atoms with Crippen LogP contribution < -0.4 is 5.73 Å². The van der Waals surface area contributed by atoms with E-state index in [0.717, 1.165) is 38.9 Å². The van der Waals surface area contributed by atoms with Gasteiger partial charge in [-0.05, 0) is 38.5 Å². The molecule has 0 saturated heterocycles. The van der Waals surface area contributed by atoms with Gasteiger partial charge in [0, 0.05) is 19.8 Å². The van der Waals surface area contributed by atoms with Crippen molar-refractivity contribution in [2.24, 2.45) is 11.7 Å². The molecule has 0 amide bonds. The quantitative estimate of drug-likeness (QED) is 0.580. The number of rotatable bonds is 9. The van der Waals surface area contributed by atoms with Crippen LogP contribution in [-0.2, 0) is 4.74 Å². The van der Waals surface area contributed by atoms with Crippen molar-refractivity contribution in [3.8, 4) is 0 Å². The number of ether oxygens (including phenoxy) is 1. The lowest BCUT2D eigenvalue weighted by Gasteiger charge is -2.20. The van der Waals surface area contributed by atoms with Gasteiger partial charge in [-0.1, -0.05) is 13.8 Å². The standard InChI is InChI=1S/C12H27NO2/c1-11(2)6-9-15-8-5-4-7-12(3,14)10-13/h11,14H,4-10,13H2,1-3H3. The first-order valence-corrected chi connectivity index (χ1v) is 5.98. The summed E-state index contributed by atoms with van der Waals surface area (Å²) in [5.74, 6) is 0.711. The van der Waals surface area contributed by atoms with Crippen LogP contribution in [0, 0.1) is 5.92 Å². The smallest absolute Gasteiger partial charge is 0.0741 e. The number of nitrogens with two attached hydrogens (primary N) is 1. The molecule has 3 heteroatoms. The van der Waals surface area contributed by atoms with Crippen LogP contribution in [0.1, 0.15) is 46.5 Å². The molecule has 0 fully saturated rings. The van der Waals surface area contributed by atoms with Gasteiger partial charge in [0.05, 0.1) is 5.60 Å². The van der Waals surface area contributed by atoms with Crippen molar-refractivity contribution >= 4 is 0 Å². The minimum atomic E-state index is -0.696. The second-order valence-corrected chi connectivity index (χ2v) is 4.95. The van der Waals surface area contributed by atoms with E-state index in [0.29, 0.717) is 12.5 Å². The molecule has 3 nitrogen and oxygen atoms in total. The molecule has 0 saturated carbocycles. The summed E-state index contributed by atoms with van der Waals surface area (Å²) < 4.78 is 5.48.